The van der Waals surface area contributed by atoms with Crippen molar-refractivity contribution < 1.29 is 18.3 Å². The summed E-state index contributed by atoms with van der Waals surface area (Å²) in [6.07, 6.45) is 1.51. The van der Waals surface area contributed by atoms with Gasteiger partial charge in [0.15, 0.2) is 0 Å². The fraction of sp³-hybridized carbons (Fsp3) is 0.385. The Balaban J connectivity index is 2.15. The second-order valence-electron chi connectivity index (χ2n) is 4.42. The first kappa shape index (κ1) is 15.5. The summed E-state index contributed by atoms with van der Waals surface area (Å²) in [5, 5.41) is 11.0. The van der Waals surface area contributed by atoms with Crippen LogP contribution in [0.3, 0.4) is 0 Å². The predicted octanol–water partition coefficient (Wildman–Crippen LogP) is 1.33. The first-order valence-electron chi connectivity index (χ1n) is 6.17. The van der Waals surface area contributed by atoms with E-state index in [2.05, 4.69) is 0 Å². The maximum atomic E-state index is 12.2. The minimum absolute atomic E-state index is 0.213. The van der Waals surface area contributed by atoms with E-state index in [4.69, 9.17) is 16.3 Å². The van der Waals surface area contributed by atoms with Gasteiger partial charge in [-0.15, -0.1) is 0 Å². The molecular formula is C13H16ClNO4S. The number of hydrogen-bond acceptors (Lipinski definition) is 4. The topological polar surface area (TPSA) is 66.8 Å². The Morgan fingerprint density at radius 3 is 2.75 bits per heavy atom. The summed E-state index contributed by atoms with van der Waals surface area (Å²) >= 11 is 5.77. The van der Waals surface area contributed by atoms with E-state index in [0.717, 1.165) is 11.0 Å². The normalized spacial score (nSPS) is 21.4. The average molecular weight is 318 g/mol. The number of morpholine rings is 1. The van der Waals surface area contributed by atoms with Crippen molar-refractivity contribution in [2.24, 2.45) is 0 Å². The molecule has 7 heteroatoms. The zero-order valence-corrected chi connectivity index (χ0v) is 12.3. The van der Waals surface area contributed by atoms with Crippen molar-refractivity contribution in [1.82, 2.24) is 4.31 Å². The molecule has 110 valence electrons. The summed E-state index contributed by atoms with van der Waals surface area (Å²) in [6.45, 7) is 0.543. The number of rotatable bonds is 4. The Bertz CT molecular complexity index is 571. The second-order valence-corrected chi connectivity index (χ2v) is 6.63. The number of ether oxygens (including phenoxy) is 1. The molecule has 1 aliphatic rings. The third-order valence-corrected chi connectivity index (χ3v) is 4.88. The van der Waals surface area contributed by atoms with Gasteiger partial charge in [0.25, 0.3) is 0 Å². The quantitative estimate of drug-likeness (QED) is 0.910. The van der Waals surface area contributed by atoms with E-state index in [0.29, 0.717) is 11.6 Å². The van der Waals surface area contributed by atoms with E-state index in [1.807, 2.05) is 0 Å². The van der Waals surface area contributed by atoms with Gasteiger partial charge in [-0.25, -0.2) is 8.42 Å². The minimum Gasteiger partial charge on any atom is -0.395 e. The molecule has 1 fully saturated rings. The third-order valence-electron chi connectivity index (χ3n) is 3.01. The van der Waals surface area contributed by atoms with Crippen LogP contribution >= 0.6 is 11.6 Å². The fourth-order valence-corrected chi connectivity index (χ4v) is 3.42. The summed E-state index contributed by atoms with van der Waals surface area (Å²) in [7, 11) is -3.57. The van der Waals surface area contributed by atoms with Crippen LogP contribution in [0.5, 0.6) is 0 Å². The molecule has 1 saturated heterocycles. The zero-order valence-electron chi connectivity index (χ0n) is 10.8. The highest BCUT2D eigenvalue weighted by Gasteiger charge is 2.30. The summed E-state index contributed by atoms with van der Waals surface area (Å²) < 4.78 is 30.9. The van der Waals surface area contributed by atoms with Crippen LogP contribution in [0.2, 0.25) is 5.02 Å². The minimum atomic E-state index is -3.57. The zero-order chi connectivity index (χ0) is 14.6. The van der Waals surface area contributed by atoms with Gasteiger partial charge in [0.05, 0.1) is 25.9 Å². The van der Waals surface area contributed by atoms with Gasteiger partial charge in [-0.05, 0) is 23.8 Å². The van der Waals surface area contributed by atoms with Crippen molar-refractivity contribution in [3.05, 3.63) is 40.3 Å². The molecule has 0 saturated carbocycles. The molecule has 5 nitrogen and oxygen atoms in total. The number of aliphatic hydroxyl groups is 1. The van der Waals surface area contributed by atoms with Gasteiger partial charge >= 0.3 is 0 Å². The lowest BCUT2D eigenvalue weighted by Gasteiger charge is -2.32. The molecule has 0 radical (unpaired) electrons. The van der Waals surface area contributed by atoms with E-state index in [9.17, 15) is 13.5 Å². The lowest BCUT2D eigenvalue weighted by molar-refractivity contribution is 0.0115. The van der Waals surface area contributed by atoms with E-state index in [1.165, 1.54) is 10.4 Å². The van der Waals surface area contributed by atoms with E-state index in [1.54, 1.807) is 24.3 Å². The summed E-state index contributed by atoms with van der Waals surface area (Å²) in [6, 6.07) is 6.33. The molecular weight excluding hydrogens is 302 g/mol. The largest absolute Gasteiger partial charge is 0.395 e. The molecule has 0 aromatic heterocycles. The first-order valence-corrected chi connectivity index (χ1v) is 8.05. The molecule has 0 spiro atoms. The van der Waals surface area contributed by atoms with Crippen LogP contribution in [0.4, 0.5) is 0 Å². The maximum absolute atomic E-state index is 12.2. The molecule has 1 unspecified atom stereocenters. The van der Waals surface area contributed by atoms with Gasteiger partial charge < -0.3 is 9.84 Å². The van der Waals surface area contributed by atoms with Crippen molar-refractivity contribution in [2.45, 2.75) is 6.04 Å². The van der Waals surface area contributed by atoms with Gasteiger partial charge in [-0.1, -0.05) is 23.7 Å². The van der Waals surface area contributed by atoms with E-state index < -0.39 is 16.1 Å². The highest BCUT2D eigenvalue weighted by atomic mass is 35.5. The number of benzene rings is 1. The van der Waals surface area contributed by atoms with E-state index >= 15 is 0 Å². The van der Waals surface area contributed by atoms with Crippen LogP contribution in [-0.2, 0) is 14.8 Å². The summed E-state index contributed by atoms with van der Waals surface area (Å²) in [4.78, 5) is 0. The van der Waals surface area contributed by atoms with Crippen molar-refractivity contribution in [2.75, 3.05) is 26.4 Å². The number of halogens is 1. The molecule has 20 heavy (non-hydrogen) atoms. The first-order chi connectivity index (χ1) is 9.53. The van der Waals surface area contributed by atoms with Crippen molar-refractivity contribution in [3.8, 4) is 0 Å². The van der Waals surface area contributed by atoms with Crippen LogP contribution in [-0.4, -0.2) is 50.2 Å². The molecule has 0 bridgehead atoms. The monoisotopic (exact) mass is 317 g/mol. The molecule has 1 aromatic rings. The van der Waals surface area contributed by atoms with Crippen LogP contribution in [0, 0.1) is 0 Å². The highest BCUT2D eigenvalue weighted by molar-refractivity contribution is 7.92. The Morgan fingerprint density at radius 1 is 1.40 bits per heavy atom. The second kappa shape index (κ2) is 6.69. The Kier molecular flexibility index (Phi) is 5.17. The van der Waals surface area contributed by atoms with Crippen LogP contribution in [0.15, 0.2) is 29.7 Å². The molecule has 1 heterocycles. The Labute approximate surface area is 123 Å². The van der Waals surface area contributed by atoms with Gasteiger partial charge in [-0.2, -0.15) is 4.31 Å². The van der Waals surface area contributed by atoms with Gasteiger partial charge in [0.2, 0.25) is 10.0 Å². The highest BCUT2D eigenvalue weighted by Crippen LogP contribution is 2.16. The smallest absolute Gasteiger partial charge is 0.236 e. The maximum Gasteiger partial charge on any atom is 0.236 e. The molecule has 0 amide bonds. The Hall–Kier alpha value is -0.920. The van der Waals surface area contributed by atoms with Crippen LogP contribution in [0.1, 0.15) is 5.56 Å². The SMILES string of the molecule is O=S(=O)(/C=C/c1ccc(Cl)cc1)N1CCOCC1CO. The fourth-order valence-electron chi connectivity index (χ4n) is 1.94. The average Bonchev–Trinajstić information content (AvgIpc) is 2.46. The number of nitrogens with zero attached hydrogens (tertiary/aromatic N) is 1. The third kappa shape index (κ3) is 3.80. The molecule has 1 atom stereocenters. The molecule has 1 aliphatic heterocycles. The van der Waals surface area contributed by atoms with E-state index in [-0.39, 0.29) is 19.8 Å². The van der Waals surface area contributed by atoms with Crippen LogP contribution in [0.25, 0.3) is 6.08 Å². The number of sulfonamides is 1. The lowest BCUT2D eigenvalue weighted by Crippen LogP contribution is -2.49. The summed E-state index contributed by atoms with van der Waals surface area (Å²) in [5.74, 6) is 0. The van der Waals surface area contributed by atoms with Crippen molar-refractivity contribution >= 4 is 27.7 Å². The van der Waals surface area contributed by atoms with Gasteiger partial charge in [0.1, 0.15) is 0 Å². The lowest BCUT2D eigenvalue weighted by atomic mass is 10.2. The van der Waals surface area contributed by atoms with Crippen molar-refractivity contribution in [1.29, 1.82) is 0 Å². The predicted molar refractivity (Wildman–Crippen MR) is 77.8 cm³/mol. The van der Waals surface area contributed by atoms with Gasteiger partial charge in [-0.3, -0.25) is 0 Å². The number of hydrogen-bond donors (Lipinski definition) is 1. The Morgan fingerprint density at radius 2 is 2.10 bits per heavy atom. The summed E-state index contributed by atoms with van der Waals surface area (Å²) in [5.41, 5.74) is 0.742. The molecule has 0 aliphatic carbocycles. The molecule has 2 rings (SSSR count). The molecule has 1 aromatic carbocycles. The van der Waals surface area contributed by atoms with Gasteiger partial charge in [0, 0.05) is 17.0 Å². The number of aliphatic hydroxyl groups excluding tert-OH is 1. The van der Waals surface area contributed by atoms with Crippen molar-refractivity contribution in [3.63, 3.8) is 0 Å². The standard InChI is InChI=1S/C13H16ClNO4S/c14-12-3-1-11(2-4-12)5-8-20(17,18)15-6-7-19-10-13(15)9-16/h1-5,8,13,16H,6-7,9-10H2/b8-5+. The van der Waals surface area contributed by atoms with Crippen LogP contribution < -0.4 is 0 Å². The molecule has 1 N–H and O–H groups in total.